The summed E-state index contributed by atoms with van der Waals surface area (Å²) in [5.74, 6) is -0.147. The van der Waals surface area contributed by atoms with Crippen LogP contribution < -0.4 is 0 Å². The molecule has 0 aliphatic carbocycles. The molecule has 8 heteroatoms. The number of hydrogen-bond acceptors (Lipinski definition) is 5. The highest BCUT2D eigenvalue weighted by Gasteiger charge is 2.34. The van der Waals surface area contributed by atoms with Crippen LogP contribution >= 0.6 is 0 Å². The molecule has 1 fully saturated rings. The number of nitriles is 1. The van der Waals surface area contributed by atoms with Crippen molar-refractivity contribution in [1.82, 2.24) is 9.21 Å². The maximum Gasteiger partial charge on any atom is 0.244 e. The molecule has 0 bridgehead atoms. The molecule has 33 heavy (non-hydrogen) atoms. The van der Waals surface area contributed by atoms with Gasteiger partial charge in [0.2, 0.25) is 15.9 Å². The van der Waals surface area contributed by atoms with Gasteiger partial charge in [0.15, 0.2) is 0 Å². The number of rotatable bonds is 10. The van der Waals surface area contributed by atoms with Crippen molar-refractivity contribution in [3.05, 3.63) is 65.7 Å². The van der Waals surface area contributed by atoms with Crippen LogP contribution in [-0.2, 0) is 26.0 Å². The van der Waals surface area contributed by atoms with E-state index in [4.69, 9.17) is 4.74 Å². The number of piperidine rings is 1. The fourth-order valence-electron chi connectivity index (χ4n) is 4.18. The Kier molecular flexibility index (Phi) is 9.01. The zero-order valence-corrected chi connectivity index (χ0v) is 19.8. The van der Waals surface area contributed by atoms with Crippen LogP contribution in [0.4, 0.5) is 0 Å². The van der Waals surface area contributed by atoms with E-state index in [0.29, 0.717) is 32.5 Å². The number of hydrogen-bond donors (Lipinski definition) is 0. The van der Waals surface area contributed by atoms with Gasteiger partial charge in [-0.1, -0.05) is 42.5 Å². The fourth-order valence-corrected chi connectivity index (χ4v) is 5.79. The molecule has 2 aromatic rings. The summed E-state index contributed by atoms with van der Waals surface area (Å²) in [4.78, 5) is 15.1. The summed E-state index contributed by atoms with van der Waals surface area (Å²) in [6, 6.07) is 18.4. The molecule has 0 spiro atoms. The second-order valence-corrected chi connectivity index (χ2v) is 10.1. The summed E-state index contributed by atoms with van der Waals surface area (Å²) in [6.45, 7) is 2.17. The smallest absolute Gasteiger partial charge is 0.244 e. The van der Waals surface area contributed by atoms with Gasteiger partial charge in [0.25, 0.3) is 0 Å². The summed E-state index contributed by atoms with van der Waals surface area (Å²) >= 11 is 0. The molecule has 1 heterocycles. The van der Waals surface area contributed by atoms with Gasteiger partial charge in [-0.3, -0.25) is 4.79 Å². The summed E-state index contributed by atoms with van der Waals surface area (Å²) in [7, 11) is -2.15. The second-order valence-electron chi connectivity index (χ2n) is 8.19. The lowest BCUT2D eigenvalue weighted by Gasteiger charge is -2.34. The third kappa shape index (κ3) is 6.41. The van der Waals surface area contributed by atoms with Crippen LogP contribution in [0.1, 0.15) is 30.4 Å². The van der Waals surface area contributed by atoms with E-state index < -0.39 is 10.0 Å². The molecule has 0 radical (unpaired) electrons. The first-order valence-electron chi connectivity index (χ1n) is 11.3. The SMILES string of the molecule is COCCN(CCCc1ccccc1)C(=O)C1CCN(S(=O)(=O)c2ccccc2C#N)CC1. The van der Waals surface area contributed by atoms with Gasteiger partial charge in [0.1, 0.15) is 6.07 Å². The highest BCUT2D eigenvalue weighted by Crippen LogP contribution is 2.26. The maximum absolute atomic E-state index is 13.2. The van der Waals surface area contributed by atoms with Crippen LogP contribution in [0.5, 0.6) is 0 Å². The zero-order chi connectivity index (χ0) is 23.7. The van der Waals surface area contributed by atoms with E-state index >= 15 is 0 Å². The third-order valence-corrected chi connectivity index (χ3v) is 8.00. The zero-order valence-electron chi connectivity index (χ0n) is 19.0. The van der Waals surface area contributed by atoms with Crippen LogP contribution in [0.2, 0.25) is 0 Å². The van der Waals surface area contributed by atoms with Crippen molar-refractivity contribution in [2.75, 3.05) is 39.9 Å². The largest absolute Gasteiger partial charge is 0.383 e. The maximum atomic E-state index is 13.2. The summed E-state index contributed by atoms with van der Waals surface area (Å²) in [5, 5.41) is 9.28. The quantitative estimate of drug-likeness (QED) is 0.533. The van der Waals surface area contributed by atoms with E-state index in [1.54, 1.807) is 19.2 Å². The van der Waals surface area contributed by atoms with Gasteiger partial charge in [-0.25, -0.2) is 8.42 Å². The van der Waals surface area contributed by atoms with Crippen molar-refractivity contribution >= 4 is 15.9 Å². The monoisotopic (exact) mass is 469 g/mol. The van der Waals surface area contributed by atoms with Crippen molar-refractivity contribution in [2.24, 2.45) is 5.92 Å². The second kappa shape index (κ2) is 11.9. The fraction of sp³-hybridized carbons (Fsp3) is 0.440. The Balaban J connectivity index is 1.60. The Morgan fingerprint density at radius 2 is 1.76 bits per heavy atom. The first kappa shape index (κ1) is 24.9. The predicted molar refractivity (Wildman–Crippen MR) is 126 cm³/mol. The molecule has 0 unspecified atom stereocenters. The number of amides is 1. The first-order valence-corrected chi connectivity index (χ1v) is 12.7. The minimum Gasteiger partial charge on any atom is -0.383 e. The number of nitrogens with zero attached hydrogens (tertiary/aromatic N) is 3. The highest BCUT2D eigenvalue weighted by atomic mass is 32.2. The normalized spacial score (nSPS) is 15.2. The summed E-state index contributed by atoms with van der Waals surface area (Å²) in [5.41, 5.74) is 1.38. The first-order chi connectivity index (χ1) is 16.0. The lowest BCUT2D eigenvalue weighted by molar-refractivity contribution is -0.137. The number of benzene rings is 2. The molecule has 1 saturated heterocycles. The van der Waals surface area contributed by atoms with Crippen molar-refractivity contribution < 1.29 is 17.9 Å². The van der Waals surface area contributed by atoms with E-state index in [9.17, 15) is 18.5 Å². The van der Waals surface area contributed by atoms with E-state index in [-0.39, 0.29) is 35.4 Å². The molecule has 7 nitrogen and oxygen atoms in total. The topological polar surface area (TPSA) is 90.7 Å². The predicted octanol–water partition coefficient (Wildman–Crippen LogP) is 3.07. The van der Waals surface area contributed by atoms with Crippen LogP contribution in [0.3, 0.4) is 0 Å². The average Bonchev–Trinajstić information content (AvgIpc) is 2.86. The molecule has 3 rings (SSSR count). The van der Waals surface area contributed by atoms with Gasteiger partial charge >= 0.3 is 0 Å². The standard InChI is InChI=1S/C25H31N3O4S/c1-32-19-18-27(15-7-10-21-8-3-2-4-9-21)25(29)22-13-16-28(17-14-22)33(30,31)24-12-6-5-11-23(24)20-26/h2-6,8-9,11-12,22H,7,10,13-19H2,1H3. The van der Waals surface area contributed by atoms with Crippen LogP contribution in [-0.4, -0.2) is 63.4 Å². The molecule has 1 aliphatic heterocycles. The Morgan fingerprint density at radius 1 is 1.09 bits per heavy atom. The number of carbonyl (C=O) groups is 1. The van der Waals surface area contributed by atoms with Crippen LogP contribution in [0, 0.1) is 17.2 Å². The summed E-state index contributed by atoms with van der Waals surface area (Å²) in [6.07, 6.45) is 2.69. The number of aryl methyl sites for hydroxylation is 1. The minimum atomic E-state index is -3.77. The molecule has 2 aromatic carbocycles. The van der Waals surface area contributed by atoms with E-state index in [0.717, 1.165) is 12.8 Å². The average molecular weight is 470 g/mol. The molecule has 176 valence electrons. The van der Waals surface area contributed by atoms with Gasteiger partial charge in [0, 0.05) is 39.2 Å². The molecular weight excluding hydrogens is 438 g/mol. The molecular formula is C25H31N3O4S. The van der Waals surface area contributed by atoms with Crippen molar-refractivity contribution in [3.63, 3.8) is 0 Å². The Hall–Kier alpha value is -2.73. The van der Waals surface area contributed by atoms with Crippen molar-refractivity contribution in [1.29, 1.82) is 5.26 Å². The van der Waals surface area contributed by atoms with Crippen LogP contribution in [0.15, 0.2) is 59.5 Å². The lowest BCUT2D eigenvalue weighted by atomic mass is 9.96. The lowest BCUT2D eigenvalue weighted by Crippen LogP contribution is -2.45. The van der Waals surface area contributed by atoms with Gasteiger partial charge < -0.3 is 9.64 Å². The molecule has 0 saturated carbocycles. The van der Waals surface area contributed by atoms with Crippen molar-refractivity contribution in [3.8, 4) is 6.07 Å². The highest BCUT2D eigenvalue weighted by molar-refractivity contribution is 7.89. The van der Waals surface area contributed by atoms with Crippen LogP contribution in [0.25, 0.3) is 0 Å². The number of carbonyl (C=O) groups excluding carboxylic acids is 1. The molecule has 1 amide bonds. The van der Waals surface area contributed by atoms with E-state index in [1.165, 1.54) is 22.0 Å². The Labute approximate surface area is 196 Å². The minimum absolute atomic E-state index is 0.0277. The third-order valence-electron chi connectivity index (χ3n) is 6.04. The molecule has 1 aliphatic rings. The van der Waals surface area contributed by atoms with Gasteiger partial charge in [-0.15, -0.1) is 0 Å². The molecule has 0 N–H and O–H groups in total. The van der Waals surface area contributed by atoms with Crippen molar-refractivity contribution in [2.45, 2.75) is 30.6 Å². The number of sulfonamides is 1. The Bertz CT molecular complexity index is 1060. The van der Waals surface area contributed by atoms with Gasteiger partial charge in [0.05, 0.1) is 17.1 Å². The number of methoxy groups -OCH3 is 1. The molecule has 0 atom stereocenters. The van der Waals surface area contributed by atoms with E-state index in [2.05, 4.69) is 12.1 Å². The van der Waals surface area contributed by atoms with E-state index in [1.807, 2.05) is 29.2 Å². The molecule has 0 aromatic heterocycles. The van der Waals surface area contributed by atoms with Gasteiger partial charge in [-0.05, 0) is 43.4 Å². The summed E-state index contributed by atoms with van der Waals surface area (Å²) < 4.78 is 32.7. The van der Waals surface area contributed by atoms with Gasteiger partial charge in [-0.2, -0.15) is 9.57 Å². The number of ether oxygens (including phenoxy) is 1. The Morgan fingerprint density at radius 3 is 2.42 bits per heavy atom.